The van der Waals surface area contributed by atoms with Gasteiger partial charge in [-0.1, -0.05) is 29.3 Å². The number of nitrogens with two attached hydrogens (primary N) is 2. The van der Waals surface area contributed by atoms with Crippen LogP contribution in [0.5, 0.6) is 5.75 Å². The number of likely N-dealkylation sites (N-methyl/N-ethyl adjacent to an activating group) is 1. The fourth-order valence-corrected chi connectivity index (χ4v) is 3.82. The topological polar surface area (TPSA) is 153 Å². The van der Waals surface area contributed by atoms with Crippen LogP contribution in [0.2, 0.25) is 10.0 Å². The number of para-hydroxylation sites is 1. The van der Waals surface area contributed by atoms with Gasteiger partial charge in [-0.25, -0.2) is 4.98 Å². The van der Waals surface area contributed by atoms with Crippen LogP contribution in [0.1, 0.15) is 18.1 Å². The van der Waals surface area contributed by atoms with E-state index >= 15 is 0 Å². The SMILES string of the molecule is CC(=O)Nc1ccc(/C=C/C(=O)NCC(=O)N(C)c2ccc(Cl)c(COc3cccc(N)c3N)c2Cl)cn1. The lowest BCUT2D eigenvalue weighted by Crippen LogP contribution is -2.37. The Morgan fingerprint density at radius 3 is 2.55 bits per heavy atom. The first kappa shape index (κ1) is 28.3. The predicted octanol–water partition coefficient (Wildman–Crippen LogP) is 3.88. The number of halogens is 2. The fraction of sp³-hybridized carbons (Fsp3) is 0.154. The van der Waals surface area contributed by atoms with Crippen molar-refractivity contribution in [1.29, 1.82) is 0 Å². The van der Waals surface area contributed by atoms with Crippen LogP contribution in [0.4, 0.5) is 22.9 Å². The van der Waals surface area contributed by atoms with Crippen molar-refractivity contribution in [2.24, 2.45) is 0 Å². The van der Waals surface area contributed by atoms with Crippen molar-refractivity contribution in [3.63, 3.8) is 0 Å². The molecular weight excluding hydrogens is 531 g/mol. The minimum Gasteiger partial charge on any atom is -0.487 e. The highest BCUT2D eigenvalue weighted by atomic mass is 35.5. The Kier molecular flexibility index (Phi) is 9.53. The molecule has 2 aromatic carbocycles. The van der Waals surface area contributed by atoms with Crippen LogP contribution >= 0.6 is 23.2 Å². The fourth-order valence-electron chi connectivity index (χ4n) is 3.22. The van der Waals surface area contributed by atoms with Crippen LogP contribution in [0.15, 0.2) is 54.7 Å². The summed E-state index contributed by atoms with van der Waals surface area (Å²) in [6.07, 6.45) is 4.30. The van der Waals surface area contributed by atoms with E-state index in [1.54, 1.807) is 42.5 Å². The Hall–Kier alpha value is -4.28. The molecule has 1 aromatic heterocycles. The van der Waals surface area contributed by atoms with Crippen LogP contribution < -0.4 is 31.7 Å². The van der Waals surface area contributed by atoms with Gasteiger partial charge in [-0.3, -0.25) is 14.4 Å². The van der Waals surface area contributed by atoms with Crippen molar-refractivity contribution in [2.45, 2.75) is 13.5 Å². The molecule has 0 aliphatic carbocycles. The molecule has 6 N–H and O–H groups in total. The van der Waals surface area contributed by atoms with Crippen molar-refractivity contribution < 1.29 is 19.1 Å². The molecule has 3 aromatic rings. The molecule has 0 saturated carbocycles. The van der Waals surface area contributed by atoms with Crippen molar-refractivity contribution in [3.05, 3.63) is 75.9 Å². The number of rotatable bonds is 9. The third-order valence-corrected chi connectivity index (χ3v) is 6.08. The van der Waals surface area contributed by atoms with Crippen molar-refractivity contribution in [1.82, 2.24) is 10.3 Å². The summed E-state index contributed by atoms with van der Waals surface area (Å²) in [5, 5.41) is 5.65. The number of hydrogen-bond acceptors (Lipinski definition) is 7. The second-order valence-corrected chi connectivity index (χ2v) is 8.85. The smallest absolute Gasteiger partial charge is 0.246 e. The lowest BCUT2D eigenvalue weighted by Gasteiger charge is -2.21. The van der Waals surface area contributed by atoms with Crippen molar-refractivity contribution in [3.8, 4) is 5.75 Å². The van der Waals surface area contributed by atoms with Crippen LogP contribution in [-0.2, 0) is 21.0 Å². The average molecular weight is 557 g/mol. The standard InChI is InChI=1S/C26H26Cl2N6O4/c1-15(35)33-22-10-6-16(12-31-22)7-11-23(36)32-13-24(37)34(2)20-9-8-18(27)17(25(20)28)14-38-21-5-3-4-19(29)26(21)30/h3-12H,13-14,29-30H2,1-2H3,(H,32,36)(H,31,33,35)/b11-7+. The molecule has 0 unspecified atom stereocenters. The molecule has 0 aliphatic heterocycles. The summed E-state index contributed by atoms with van der Waals surface area (Å²) in [4.78, 5) is 41.4. The van der Waals surface area contributed by atoms with Gasteiger partial charge in [0.15, 0.2) is 0 Å². The maximum Gasteiger partial charge on any atom is 0.246 e. The molecule has 1 heterocycles. The van der Waals surface area contributed by atoms with E-state index in [0.29, 0.717) is 44.8 Å². The summed E-state index contributed by atoms with van der Waals surface area (Å²) in [5.74, 6) is -0.348. The summed E-state index contributed by atoms with van der Waals surface area (Å²) in [7, 11) is 1.53. The van der Waals surface area contributed by atoms with Gasteiger partial charge in [0.25, 0.3) is 0 Å². The molecule has 198 valence electrons. The van der Waals surface area contributed by atoms with Gasteiger partial charge in [-0.2, -0.15) is 0 Å². The van der Waals surface area contributed by atoms with Gasteiger partial charge in [0, 0.05) is 36.8 Å². The zero-order chi connectivity index (χ0) is 27.8. The predicted molar refractivity (Wildman–Crippen MR) is 150 cm³/mol. The first-order chi connectivity index (χ1) is 18.1. The summed E-state index contributed by atoms with van der Waals surface area (Å²) in [6, 6.07) is 11.5. The summed E-state index contributed by atoms with van der Waals surface area (Å²) >= 11 is 12.9. The van der Waals surface area contributed by atoms with Gasteiger partial charge < -0.3 is 31.7 Å². The summed E-state index contributed by atoms with van der Waals surface area (Å²) < 4.78 is 5.76. The van der Waals surface area contributed by atoms with Crippen LogP contribution in [0.25, 0.3) is 6.08 Å². The van der Waals surface area contributed by atoms with Gasteiger partial charge >= 0.3 is 0 Å². The van der Waals surface area contributed by atoms with E-state index in [0.717, 1.165) is 0 Å². The van der Waals surface area contributed by atoms with E-state index in [4.69, 9.17) is 39.4 Å². The number of nitrogens with zero attached hydrogens (tertiary/aromatic N) is 2. The number of nitrogens with one attached hydrogen (secondary N) is 2. The number of carbonyl (C=O) groups excluding carboxylic acids is 3. The quantitative estimate of drug-likeness (QED) is 0.230. The number of hydrogen-bond donors (Lipinski definition) is 4. The zero-order valence-electron chi connectivity index (χ0n) is 20.6. The highest BCUT2D eigenvalue weighted by molar-refractivity contribution is 6.38. The highest BCUT2D eigenvalue weighted by Crippen LogP contribution is 2.35. The average Bonchev–Trinajstić information content (AvgIpc) is 2.88. The number of benzene rings is 2. The van der Waals surface area contributed by atoms with Gasteiger partial charge in [0.1, 0.15) is 18.2 Å². The van der Waals surface area contributed by atoms with Crippen LogP contribution in [0.3, 0.4) is 0 Å². The third-order valence-electron chi connectivity index (χ3n) is 5.30. The van der Waals surface area contributed by atoms with E-state index in [1.165, 1.54) is 37.2 Å². The van der Waals surface area contributed by atoms with E-state index in [1.807, 2.05) is 0 Å². The number of ether oxygens (including phenoxy) is 1. The van der Waals surface area contributed by atoms with Gasteiger partial charge in [0.05, 0.1) is 28.6 Å². The van der Waals surface area contributed by atoms with E-state index < -0.39 is 11.8 Å². The number of aromatic nitrogens is 1. The number of pyridine rings is 1. The zero-order valence-corrected chi connectivity index (χ0v) is 22.1. The molecule has 0 atom stereocenters. The van der Waals surface area contributed by atoms with Crippen molar-refractivity contribution >= 4 is 69.9 Å². The van der Waals surface area contributed by atoms with E-state index in [9.17, 15) is 14.4 Å². The highest BCUT2D eigenvalue weighted by Gasteiger charge is 2.19. The largest absolute Gasteiger partial charge is 0.487 e. The van der Waals surface area contributed by atoms with E-state index in [-0.39, 0.29) is 24.1 Å². The second kappa shape index (κ2) is 12.8. The number of nitrogen functional groups attached to an aromatic ring is 2. The second-order valence-electron chi connectivity index (χ2n) is 8.07. The molecule has 0 saturated heterocycles. The molecule has 0 bridgehead atoms. The molecule has 0 fully saturated rings. The van der Waals surface area contributed by atoms with E-state index in [2.05, 4.69) is 15.6 Å². The number of anilines is 4. The minimum absolute atomic E-state index is 0.0105. The number of carbonyl (C=O) groups is 3. The minimum atomic E-state index is -0.478. The van der Waals surface area contributed by atoms with Crippen LogP contribution in [0, 0.1) is 0 Å². The number of amides is 3. The normalized spacial score (nSPS) is 10.7. The van der Waals surface area contributed by atoms with Gasteiger partial charge in [0.2, 0.25) is 17.7 Å². The molecular formula is C26H26Cl2N6O4. The Morgan fingerprint density at radius 1 is 1.11 bits per heavy atom. The molecule has 0 aliphatic rings. The molecule has 0 spiro atoms. The maximum atomic E-state index is 12.7. The van der Waals surface area contributed by atoms with Gasteiger partial charge in [-0.05, 0) is 48.0 Å². The molecule has 0 radical (unpaired) electrons. The maximum absolute atomic E-state index is 12.7. The Balaban J connectivity index is 1.60. The summed E-state index contributed by atoms with van der Waals surface area (Å²) in [6.45, 7) is 1.10. The monoisotopic (exact) mass is 556 g/mol. The molecule has 3 rings (SSSR count). The summed E-state index contributed by atoms with van der Waals surface area (Å²) in [5.41, 5.74) is 13.9. The first-order valence-corrected chi connectivity index (χ1v) is 12.0. The van der Waals surface area contributed by atoms with Crippen molar-refractivity contribution in [2.75, 3.05) is 35.3 Å². The Morgan fingerprint density at radius 2 is 1.87 bits per heavy atom. The molecule has 38 heavy (non-hydrogen) atoms. The molecule has 10 nitrogen and oxygen atoms in total. The van der Waals surface area contributed by atoms with Gasteiger partial charge in [-0.15, -0.1) is 0 Å². The Bertz CT molecular complexity index is 1380. The van der Waals surface area contributed by atoms with Crippen LogP contribution in [-0.4, -0.2) is 36.3 Å². The molecule has 3 amide bonds. The lowest BCUT2D eigenvalue weighted by atomic mass is 10.2. The third kappa shape index (κ3) is 7.37. The first-order valence-electron chi connectivity index (χ1n) is 11.3. The molecule has 12 heteroatoms. The Labute approximate surface area is 229 Å². The lowest BCUT2D eigenvalue weighted by molar-refractivity contribution is -0.122.